The zero-order valence-electron chi connectivity index (χ0n) is 6.67. The minimum Gasteiger partial charge on any atom is -0.491 e. The molecular formula is C8H6ClN3O. The van der Waals surface area contributed by atoms with Crippen molar-refractivity contribution in [1.29, 1.82) is 0 Å². The number of nitrogens with one attached hydrogen (secondary N) is 1. The van der Waals surface area contributed by atoms with Crippen molar-refractivity contribution < 1.29 is 4.74 Å². The Morgan fingerprint density at radius 3 is 3.31 bits per heavy atom. The lowest BCUT2D eigenvalue weighted by Gasteiger charge is -1.94. The van der Waals surface area contributed by atoms with Crippen molar-refractivity contribution in [3.05, 3.63) is 16.9 Å². The molecule has 0 bridgehead atoms. The maximum Gasteiger partial charge on any atom is 0.164 e. The van der Waals surface area contributed by atoms with Crippen LogP contribution in [0, 0.1) is 0 Å². The molecule has 0 spiro atoms. The largest absolute Gasteiger partial charge is 0.491 e. The van der Waals surface area contributed by atoms with E-state index < -0.39 is 0 Å². The molecule has 0 unspecified atom stereocenters. The van der Waals surface area contributed by atoms with Gasteiger partial charge in [0.15, 0.2) is 10.8 Å². The van der Waals surface area contributed by atoms with Crippen LogP contribution in [0.1, 0.15) is 5.69 Å². The highest BCUT2D eigenvalue weighted by molar-refractivity contribution is 6.30. The Hall–Kier alpha value is -1.29. The van der Waals surface area contributed by atoms with Crippen molar-refractivity contribution >= 4 is 22.6 Å². The van der Waals surface area contributed by atoms with Gasteiger partial charge in [-0.3, -0.25) is 0 Å². The zero-order valence-corrected chi connectivity index (χ0v) is 7.43. The molecule has 1 aliphatic heterocycles. The highest BCUT2D eigenvalue weighted by Crippen LogP contribution is 2.33. The molecule has 2 aromatic rings. The summed E-state index contributed by atoms with van der Waals surface area (Å²) in [6, 6.07) is 1.77. The Bertz CT molecular complexity index is 479. The van der Waals surface area contributed by atoms with Crippen molar-refractivity contribution in [3.63, 3.8) is 0 Å². The summed E-state index contributed by atoms with van der Waals surface area (Å²) >= 11 is 5.73. The molecule has 0 fully saturated rings. The first-order valence-corrected chi connectivity index (χ1v) is 4.39. The minimum atomic E-state index is 0.393. The molecule has 1 aliphatic rings. The van der Waals surface area contributed by atoms with E-state index in [1.807, 2.05) is 0 Å². The molecule has 4 nitrogen and oxygen atoms in total. The van der Waals surface area contributed by atoms with Gasteiger partial charge in [-0.25, -0.2) is 0 Å². The number of ether oxygens (including phenoxy) is 1. The minimum absolute atomic E-state index is 0.393. The smallest absolute Gasteiger partial charge is 0.164 e. The predicted octanol–water partition coefficient (Wildman–Crippen LogP) is 1.55. The topological polar surface area (TPSA) is 50.8 Å². The van der Waals surface area contributed by atoms with Gasteiger partial charge in [0.1, 0.15) is 5.75 Å². The van der Waals surface area contributed by atoms with Crippen molar-refractivity contribution in [3.8, 4) is 5.75 Å². The molecule has 0 amide bonds. The van der Waals surface area contributed by atoms with Crippen molar-refractivity contribution in [1.82, 2.24) is 15.2 Å². The van der Waals surface area contributed by atoms with E-state index >= 15 is 0 Å². The molecular weight excluding hydrogens is 190 g/mol. The third-order valence-electron chi connectivity index (χ3n) is 2.15. The van der Waals surface area contributed by atoms with E-state index in [9.17, 15) is 0 Å². The van der Waals surface area contributed by atoms with E-state index in [0.29, 0.717) is 5.15 Å². The lowest BCUT2D eigenvalue weighted by atomic mass is 10.3. The first kappa shape index (κ1) is 7.15. The lowest BCUT2D eigenvalue weighted by molar-refractivity contribution is 0.360. The van der Waals surface area contributed by atoms with Crippen LogP contribution >= 0.6 is 11.6 Å². The Balaban J connectivity index is 2.40. The van der Waals surface area contributed by atoms with Crippen molar-refractivity contribution in [2.75, 3.05) is 6.61 Å². The van der Waals surface area contributed by atoms with E-state index in [0.717, 1.165) is 35.5 Å². The molecule has 0 saturated heterocycles. The molecule has 3 rings (SSSR count). The van der Waals surface area contributed by atoms with Gasteiger partial charge in [0.25, 0.3) is 0 Å². The molecule has 0 saturated carbocycles. The Kier molecular flexibility index (Phi) is 1.29. The fraction of sp³-hybridized carbons (Fsp3) is 0.250. The monoisotopic (exact) mass is 195 g/mol. The van der Waals surface area contributed by atoms with Crippen LogP contribution in [0.25, 0.3) is 11.0 Å². The molecule has 1 N–H and O–H groups in total. The number of hydrogen-bond acceptors (Lipinski definition) is 3. The summed E-state index contributed by atoms with van der Waals surface area (Å²) < 4.78 is 5.45. The maximum atomic E-state index is 5.73. The molecule has 13 heavy (non-hydrogen) atoms. The third-order valence-corrected chi connectivity index (χ3v) is 2.34. The maximum absolute atomic E-state index is 5.73. The number of aromatic amines is 1. The van der Waals surface area contributed by atoms with Gasteiger partial charge in [0.2, 0.25) is 0 Å². The number of H-pyrrole nitrogens is 1. The summed E-state index contributed by atoms with van der Waals surface area (Å²) in [7, 11) is 0. The van der Waals surface area contributed by atoms with Gasteiger partial charge in [0, 0.05) is 6.42 Å². The van der Waals surface area contributed by atoms with Gasteiger partial charge < -0.3 is 9.72 Å². The fourth-order valence-electron chi connectivity index (χ4n) is 1.59. The molecule has 0 aromatic carbocycles. The Labute approximate surface area is 78.9 Å². The van der Waals surface area contributed by atoms with E-state index in [1.54, 1.807) is 6.07 Å². The summed E-state index contributed by atoms with van der Waals surface area (Å²) in [5.74, 6) is 0.881. The fourth-order valence-corrected chi connectivity index (χ4v) is 1.74. The summed E-state index contributed by atoms with van der Waals surface area (Å²) in [5.41, 5.74) is 1.83. The van der Waals surface area contributed by atoms with E-state index in [-0.39, 0.29) is 0 Å². The first-order chi connectivity index (χ1) is 6.34. The van der Waals surface area contributed by atoms with Crippen LogP contribution in [0.15, 0.2) is 6.07 Å². The Morgan fingerprint density at radius 2 is 2.38 bits per heavy atom. The molecule has 5 heteroatoms. The van der Waals surface area contributed by atoms with Gasteiger partial charge in [-0.15, -0.1) is 10.2 Å². The zero-order chi connectivity index (χ0) is 8.84. The average molecular weight is 196 g/mol. The van der Waals surface area contributed by atoms with Gasteiger partial charge in [0.05, 0.1) is 17.7 Å². The van der Waals surface area contributed by atoms with Gasteiger partial charge in [-0.1, -0.05) is 11.6 Å². The summed E-state index contributed by atoms with van der Waals surface area (Å²) in [5, 5.41) is 8.99. The van der Waals surface area contributed by atoms with E-state index in [2.05, 4.69) is 15.2 Å². The average Bonchev–Trinajstić information content (AvgIpc) is 2.64. The predicted molar refractivity (Wildman–Crippen MR) is 48.1 cm³/mol. The quantitative estimate of drug-likeness (QED) is 0.694. The van der Waals surface area contributed by atoms with Crippen LogP contribution < -0.4 is 4.74 Å². The van der Waals surface area contributed by atoms with E-state index in [1.165, 1.54) is 0 Å². The van der Waals surface area contributed by atoms with Crippen LogP contribution in [0.4, 0.5) is 0 Å². The number of halogens is 1. The molecule has 0 aliphatic carbocycles. The van der Waals surface area contributed by atoms with Crippen molar-refractivity contribution in [2.24, 2.45) is 0 Å². The number of hydrogen-bond donors (Lipinski definition) is 1. The number of aromatic nitrogens is 3. The summed E-state index contributed by atoms with van der Waals surface area (Å²) in [6.07, 6.45) is 0.906. The van der Waals surface area contributed by atoms with E-state index in [4.69, 9.17) is 16.3 Å². The van der Waals surface area contributed by atoms with Crippen molar-refractivity contribution in [2.45, 2.75) is 6.42 Å². The van der Waals surface area contributed by atoms with Crippen LogP contribution in [-0.4, -0.2) is 21.8 Å². The van der Waals surface area contributed by atoms with Gasteiger partial charge >= 0.3 is 0 Å². The third kappa shape index (κ3) is 0.920. The van der Waals surface area contributed by atoms with Crippen LogP contribution in [0.3, 0.4) is 0 Å². The van der Waals surface area contributed by atoms with Crippen LogP contribution in [-0.2, 0) is 6.42 Å². The molecule has 3 heterocycles. The highest BCUT2D eigenvalue weighted by Gasteiger charge is 2.19. The normalized spacial score (nSPS) is 14.5. The van der Waals surface area contributed by atoms with Crippen LogP contribution in [0.2, 0.25) is 5.15 Å². The molecule has 0 atom stereocenters. The molecule has 66 valence electrons. The Morgan fingerprint density at radius 1 is 1.46 bits per heavy atom. The highest BCUT2D eigenvalue weighted by atomic mass is 35.5. The second-order valence-electron chi connectivity index (χ2n) is 2.96. The standard InChI is InChI=1S/C8H6ClN3O/c9-6-3-4-7-5(1-2-13-7)10-8(4)12-11-6/h3H,1-2H2,(H,10,12). The van der Waals surface area contributed by atoms with Crippen LogP contribution in [0.5, 0.6) is 5.75 Å². The van der Waals surface area contributed by atoms with Gasteiger partial charge in [-0.05, 0) is 6.07 Å². The molecule has 0 radical (unpaired) electrons. The number of fused-ring (bicyclic) bond motifs is 3. The molecule has 2 aromatic heterocycles. The second kappa shape index (κ2) is 2.35. The summed E-state index contributed by atoms with van der Waals surface area (Å²) in [6.45, 7) is 0.733. The summed E-state index contributed by atoms with van der Waals surface area (Å²) in [4.78, 5) is 3.15. The number of nitrogens with zero attached hydrogens (tertiary/aromatic N) is 2. The number of rotatable bonds is 0. The lowest BCUT2D eigenvalue weighted by Crippen LogP contribution is -1.91. The SMILES string of the molecule is Clc1cc2c3c([nH]c2nn1)CCO3. The van der Waals surface area contributed by atoms with Gasteiger partial charge in [-0.2, -0.15) is 0 Å². The second-order valence-corrected chi connectivity index (χ2v) is 3.35. The first-order valence-electron chi connectivity index (χ1n) is 4.01.